The number of amides is 2. The molecule has 0 unspecified atom stereocenters. The highest BCUT2D eigenvalue weighted by atomic mass is 35.5. The average molecular weight is 418 g/mol. The van der Waals surface area contributed by atoms with Crippen LogP contribution in [-0.2, 0) is 19.6 Å². The van der Waals surface area contributed by atoms with Gasteiger partial charge in [-0.2, -0.15) is 0 Å². The Morgan fingerprint density at radius 3 is 2.62 bits per heavy atom. The summed E-state index contributed by atoms with van der Waals surface area (Å²) < 4.78 is 26.8. The van der Waals surface area contributed by atoms with Crippen molar-refractivity contribution in [3.05, 3.63) is 40.6 Å². The highest BCUT2D eigenvalue weighted by molar-refractivity contribution is 7.89. The molecule has 10 heteroatoms. The lowest BCUT2D eigenvalue weighted by Gasteiger charge is -2.32. The van der Waals surface area contributed by atoms with Crippen molar-refractivity contribution in [1.82, 2.24) is 14.9 Å². The maximum atomic E-state index is 12.9. The first-order valence-electron chi connectivity index (χ1n) is 8.04. The second kappa shape index (κ2) is 7.46. The Balaban J connectivity index is 1.85. The molecule has 0 saturated heterocycles. The van der Waals surface area contributed by atoms with Gasteiger partial charge in [0.15, 0.2) is 0 Å². The largest absolute Gasteiger partial charge is 0.353 e. The number of hydrogen-bond acceptors (Lipinski definition) is 4. The molecule has 1 atom stereocenters. The van der Waals surface area contributed by atoms with E-state index in [1.807, 2.05) is 0 Å². The molecule has 0 aromatic heterocycles. The Morgan fingerprint density at radius 1 is 1.27 bits per heavy atom. The molecule has 2 amide bonds. The van der Waals surface area contributed by atoms with Crippen LogP contribution in [0.25, 0.3) is 0 Å². The Morgan fingerprint density at radius 2 is 2.00 bits per heavy atom. The van der Waals surface area contributed by atoms with Crippen LogP contribution in [0.1, 0.15) is 25.7 Å². The molecule has 26 heavy (non-hydrogen) atoms. The summed E-state index contributed by atoms with van der Waals surface area (Å²) in [5, 5.41) is 5.55. The number of halogens is 2. The zero-order valence-corrected chi connectivity index (χ0v) is 15.9. The van der Waals surface area contributed by atoms with Crippen LogP contribution < -0.4 is 10.6 Å². The molecule has 2 N–H and O–H groups in total. The number of benzene rings is 1. The Kier molecular flexibility index (Phi) is 5.45. The fraction of sp³-hybridized carbons (Fsp3) is 0.375. The van der Waals surface area contributed by atoms with Crippen molar-refractivity contribution in [2.45, 2.75) is 42.7 Å². The van der Waals surface area contributed by atoms with Gasteiger partial charge in [0.1, 0.15) is 6.04 Å². The van der Waals surface area contributed by atoms with Crippen LogP contribution in [0.15, 0.2) is 35.5 Å². The summed E-state index contributed by atoms with van der Waals surface area (Å²) in [6.45, 7) is 0. The van der Waals surface area contributed by atoms with Gasteiger partial charge in [-0.1, -0.05) is 23.2 Å². The number of sulfonamides is 1. The highest BCUT2D eigenvalue weighted by Gasteiger charge is 2.37. The quantitative estimate of drug-likeness (QED) is 0.765. The lowest BCUT2D eigenvalue weighted by molar-refractivity contribution is -0.130. The van der Waals surface area contributed by atoms with Crippen molar-refractivity contribution in [2.24, 2.45) is 0 Å². The van der Waals surface area contributed by atoms with Crippen molar-refractivity contribution < 1.29 is 18.0 Å². The lowest BCUT2D eigenvalue weighted by Crippen LogP contribution is -2.52. The molecular formula is C16H17Cl2N3O4S. The fourth-order valence-electron chi connectivity index (χ4n) is 2.71. The minimum absolute atomic E-state index is 0.0810. The van der Waals surface area contributed by atoms with E-state index in [0.29, 0.717) is 0 Å². The number of rotatable bonds is 5. The van der Waals surface area contributed by atoms with E-state index in [1.54, 1.807) is 0 Å². The van der Waals surface area contributed by atoms with Crippen molar-refractivity contribution in [3.8, 4) is 0 Å². The molecule has 1 heterocycles. The van der Waals surface area contributed by atoms with Crippen molar-refractivity contribution in [1.29, 1.82) is 0 Å². The monoisotopic (exact) mass is 417 g/mol. The molecule has 1 aromatic rings. The van der Waals surface area contributed by atoms with Gasteiger partial charge in [-0.05, 0) is 37.5 Å². The van der Waals surface area contributed by atoms with Gasteiger partial charge in [0.05, 0.1) is 21.4 Å². The van der Waals surface area contributed by atoms with E-state index in [9.17, 15) is 18.0 Å². The molecule has 0 spiro atoms. The average Bonchev–Trinajstić information content (AvgIpc) is 2.55. The first-order valence-corrected chi connectivity index (χ1v) is 10.2. The highest BCUT2D eigenvalue weighted by Crippen LogP contribution is 2.28. The zero-order valence-electron chi connectivity index (χ0n) is 13.6. The van der Waals surface area contributed by atoms with Crippen LogP contribution in [0.4, 0.5) is 0 Å². The fourth-order valence-corrected chi connectivity index (χ4v) is 4.55. The Hall–Kier alpha value is -1.77. The maximum Gasteiger partial charge on any atom is 0.264 e. The normalized spacial score (nSPS) is 20.5. The van der Waals surface area contributed by atoms with Crippen molar-refractivity contribution in [2.75, 3.05) is 0 Å². The summed E-state index contributed by atoms with van der Waals surface area (Å²) in [5.74, 6) is -0.931. The van der Waals surface area contributed by atoms with Crippen molar-refractivity contribution >= 4 is 45.0 Å². The number of nitrogens with one attached hydrogen (secondary N) is 2. The van der Waals surface area contributed by atoms with Gasteiger partial charge in [-0.25, -0.2) is 8.42 Å². The third-order valence-corrected chi connectivity index (χ3v) is 6.89. The summed E-state index contributed by atoms with van der Waals surface area (Å²) in [6, 6.07) is 2.80. The smallest absolute Gasteiger partial charge is 0.264 e. The molecule has 7 nitrogen and oxygen atoms in total. The van der Waals surface area contributed by atoms with E-state index < -0.39 is 22.0 Å². The lowest BCUT2D eigenvalue weighted by atomic mass is 9.93. The maximum absolute atomic E-state index is 12.9. The first-order chi connectivity index (χ1) is 12.3. The van der Waals surface area contributed by atoms with Gasteiger partial charge in [0.2, 0.25) is 11.8 Å². The second-order valence-electron chi connectivity index (χ2n) is 6.15. The summed E-state index contributed by atoms with van der Waals surface area (Å²) in [6.07, 6.45) is 5.02. The predicted molar refractivity (Wildman–Crippen MR) is 97.0 cm³/mol. The topological polar surface area (TPSA) is 95.6 Å². The van der Waals surface area contributed by atoms with Gasteiger partial charge in [0, 0.05) is 18.4 Å². The van der Waals surface area contributed by atoms with Crippen LogP contribution >= 0.6 is 23.2 Å². The summed E-state index contributed by atoms with van der Waals surface area (Å²) >= 11 is 11.7. The van der Waals surface area contributed by atoms with Crippen molar-refractivity contribution in [3.63, 3.8) is 0 Å². The Bertz CT molecular complexity index is 868. The predicted octanol–water partition coefficient (Wildman–Crippen LogP) is 2.01. The third kappa shape index (κ3) is 3.82. The van der Waals surface area contributed by atoms with Gasteiger partial charge in [0.25, 0.3) is 10.0 Å². The van der Waals surface area contributed by atoms with Crippen LogP contribution in [-0.4, -0.2) is 36.6 Å². The number of hydrogen-bond donors (Lipinski definition) is 2. The summed E-state index contributed by atoms with van der Waals surface area (Å²) in [7, 11) is -4.09. The van der Waals surface area contributed by atoms with Crippen LogP contribution in [0.2, 0.25) is 10.0 Å². The van der Waals surface area contributed by atoms with Crippen LogP contribution in [0, 0.1) is 0 Å². The van der Waals surface area contributed by atoms with Gasteiger partial charge >= 0.3 is 0 Å². The van der Waals surface area contributed by atoms with Gasteiger partial charge in [-0.15, -0.1) is 0 Å². The SMILES string of the molecule is O=C(C[C@@H]1C(=O)NC=CN1S(=O)(=O)c1ccc(Cl)c(Cl)c1)NC1CCC1. The van der Waals surface area contributed by atoms with E-state index in [-0.39, 0.29) is 33.3 Å². The number of nitrogens with zero attached hydrogens (tertiary/aromatic N) is 1. The standard InChI is InChI=1S/C16H17Cl2N3O4S/c17-12-5-4-11(8-13(12)18)26(24,25)21-7-6-19-16(23)14(21)9-15(22)20-10-2-1-3-10/h4-8,10,14H,1-3,9H2,(H,19,23)(H,20,22)/t14-/m1/s1. The molecule has 1 fully saturated rings. The molecule has 140 valence electrons. The summed E-state index contributed by atoms with van der Waals surface area (Å²) in [5.41, 5.74) is 0. The number of carbonyl (C=O) groups is 2. The minimum atomic E-state index is -4.09. The number of carbonyl (C=O) groups excluding carboxylic acids is 2. The molecule has 0 radical (unpaired) electrons. The van der Waals surface area contributed by atoms with Gasteiger partial charge in [-0.3, -0.25) is 13.9 Å². The molecular weight excluding hydrogens is 401 g/mol. The van der Waals surface area contributed by atoms with E-state index in [2.05, 4.69) is 10.6 Å². The minimum Gasteiger partial charge on any atom is -0.353 e. The second-order valence-corrected chi connectivity index (χ2v) is 8.81. The molecule has 1 aromatic carbocycles. The van der Waals surface area contributed by atoms with E-state index in [4.69, 9.17) is 23.2 Å². The van der Waals surface area contributed by atoms with E-state index in [0.717, 1.165) is 23.6 Å². The van der Waals surface area contributed by atoms with E-state index >= 15 is 0 Å². The molecule has 1 aliphatic heterocycles. The zero-order chi connectivity index (χ0) is 18.9. The van der Waals surface area contributed by atoms with Crippen LogP contribution in [0.3, 0.4) is 0 Å². The molecule has 2 aliphatic rings. The molecule has 3 rings (SSSR count). The molecule has 1 aliphatic carbocycles. The summed E-state index contributed by atoms with van der Waals surface area (Å²) in [4.78, 5) is 24.3. The molecule has 0 bridgehead atoms. The first kappa shape index (κ1) is 19.0. The van der Waals surface area contributed by atoms with Crippen LogP contribution in [0.5, 0.6) is 0 Å². The molecule has 1 saturated carbocycles. The van der Waals surface area contributed by atoms with E-state index in [1.165, 1.54) is 30.6 Å². The third-order valence-electron chi connectivity index (χ3n) is 4.37. The van der Waals surface area contributed by atoms with Gasteiger partial charge < -0.3 is 10.6 Å². The Labute approximate surface area is 161 Å².